The number of alkyl halides is 3. The molecule has 1 heterocycles. The summed E-state index contributed by atoms with van der Waals surface area (Å²) >= 11 is 0. The minimum absolute atomic E-state index is 0.00804. The first-order valence-corrected chi connectivity index (χ1v) is 7.39. The van der Waals surface area contributed by atoms with Crippen LogP contribution in [0.3, 0.4) is 0 Å². The summed E-state index contributed by atoms with van der Waals surface area (Å²) in [4.78, 5) is 26.9. The highest BCUT2D eigenvalue weighted by Gasteiger charge is 2.30. The van der Waals surface area contributed by atoms with E-state index in [4.69, 9.17) is 9.84 Å². The van der Waals surface area contributed by atoms with Gasteiger partial charge in [-0.1, -0.05) is 12.1 Å². The number of carboxylic acid groups (broad SMARTS) is 1. The number of benzene rings is 1. The summed E-state index contributed by atoms with van der Waals surface area (Å²) in [6, 6.07) is 4.66. The zero-order valence-corrected chi connectivity index (χ0v) is 13.8. The van der Waals surface area contributed by atoms with Crippen LogP contribution in [0.15, 0.2) is 36.5 Å². The molecule has 2 N–H and O–H groups in total. The van der Waals surface area contributed by atoms with E-state index < -0.39 is 29.7 Å². The van der Waals surface area contributed by atoms with E-state index in [1.807, 2.05) is 0 Å². The molecule has 0 aliphatic heterocycles. The fraction of sp³-hybridized carbons (Fsp3) is 0.235. The van der Waals surface area contributed by atoms with Gasteiger partial charge in [0.05, 0.1) is 18.2 Å². The molecule has 0 bridgehead atoms. The SMILES string of the molecule is COc1ncc(C(=O)NC(C)C(=O)O)cc1-c1cccc(C(F)(F)F)c1. The number of amides is 1. The van der Waals surface area contributed by atoms with Gasteiger partial charge in [-0.05, 0) is 30.7 Å². The molecule has 26 heavy (non-hydrogen) atoms. The number of hydrogen-bond acceptors (Lipinski definition) is 4. The number of hydrogen-bond donors (Lipinski definition) is 2. The number of methoxy groups -OCH3 is 1. The highest BCUT2D eigenvalue weighted by molar-refractivity contribution is 5.97. The largest absolute Gasteiger partial charge is 0.481 e. The Labute approximate surface area is 146 Å². The zero-order valence-electron chi connectivity index (χ0n) is 13.8. The Morgan fingerprint density at radius 3 is 2.54 bits per heavy atom. The molecule has 0 saturated heterocycles. The lowest BCUT2D eigenvalue weighted by atomic mass is 10.0. The molecule has 0 aliphatic rings. The van der Waals surface area contributed by atoms with Crippen molar-refractivity contribution in [3.8, 4) is 17.0 Å². The molecule has 0 radical (unpaired) electrons. The maximum Gasteiger partial charge on any atom is 0.416 e. The molecule has 9 heteroatoms. The van der Waals surface area contributed by atoms with Crippen molar-refractivity contribution in [2.75, 3.05) is 7.11 Å². The van der Waals surface area contributed by atoms with Crippen LogP contribution < -0.4 is 10.1 Å². The molecule has 6 nitrogen and oxygen atoms in total. The van der Waals surface area contributed by atoms with Crippen LogP contribution in [0.25, 0.3) is 11.1 Å². The molecular weight excluding hydrogens is 353 g/mol. The van der Waals surface area contributed by atoms with Gasteiger partial charge < -0.3 is 15.2 Å². The fourth-order valence-corrected chi connectivity index (χ4v) is 2.15. The van der Waals surface area contributed by atoms with Gasteiger partial charge in [0.1, 0.15) is 6.04 Å². The van der Waals surface area contributed by atoms with E-state index in [-0.39, 0.29) is 22.6 Å². The molecule has 1 unspecified atom stereocenters. The number of pyridine rings is 1. The number of rotatable bonds is 5. The average molecular weight is 368 g/mol. The van der Waals surface area contributed by atoms with Gasteiger partial charge >= 0.3 is 12.1 Å². The van der Waals surface area contributed by atoms with Crippen molar-refractivity contribution in [2.45, 2.75) is 19.1 Å². The molecule has 2 rings (SSSR count). The van der Waals surface area contributed by atoms with E-state index in [9.17, 15) is 22.8 Å². The minimum atomic E-state index is -4.53. The molecular formula is C17H15F3N2O4. The number of halogens is 3. The molecule has 0 aliphatic carbocycles. The summed E-state index contributed by atoms with van der Waals surface area (Å²) in [5, 5.41) is 11.1. The van der Waals surface area contributed by atoms with Crippen LogP contribution in [0.1, 0.15) is 22.8 Å². The van der Waals surface area contributed by atoms with Crippen molar-refractivity contribution in [3.05, 3.63) is 47.7 Å². The lowest BCUT2D eigenvalue weighted by Crippen LogP contribution is -2.38. The Morgan fingerprint density at radius 2 is 1.96 bits per heavy atom. The molecule has 0 fully saturated rings. The van der Waals surface area contributed by atoms with Gasteiger partial charge in [-0.3, -0.25) is 9.59 Å². The van der Waals surface area contributed by atoms with E-state index in [1.165, 1.54) is 32.2 Å². The van der Waals surface area contributed by atoms with Gasteiger partial charge in [-0.15, -0.1) is 0 Å². The highest BCUT2D eigenvalue weighted by atomic mass is 19.4. The van der Waals surface area contributed by atoms with E-state index >= 15 is 0 Å². The van der Waals surface area contributed by atoms with Crippen LogP contribution >= 0.6 is 0 Å². The standard InChI is InChI=1S/C17H15F3N2O4/c1-9(16(24)25)22-14(23)11-7-13(15(26-2)21-8-11)10-4-3-5-12(6-10)17(18,19)20/h3-9H,1-2H3,(H,22,23)(H,24,25). The van der Waals surface area contributed by atoms with Crippen LogP contribution in [0.5, 0.6) is 5.88 Å². The first-order valence-electron chi connectivity index (χ1n) is 7.39. The smallest absolute Gasteiger partial charge is 0.416 e. The van der Waals surface area contributed by atoms with Gasteiger partial charge in [0.25, 0.3) is 5.91 Å². The summed E-state index contributed by atoms with van der Waals surface area (Å²) < 4.78 is 43.8. The molecule has 1 aromatic heterocycles. The van der Waals surface area contributed by atoms with Crippen LogP contribution in [0, 0.1) is 0 Å². The predicted octanol–water partition coefficient (Wildman–Crippen LogP) is 2.98. The summed E-state index contributed by atoms with van der Waals surface area (Å²) in [5.41, 5.74) is -0.531. The van der Waals surface area contributed by atoms with Gasteiger partial charge in [-0.2, -0.15) is 13.2 Å². The Hall–Kier alpha value is -3.10. The van der Waals surface area contributed by atoms with E-state index in [0.29, 0.717) is 0 Å². The van der Waals surface area contributed by atoms with E-state index in [1.54, 1.807) is 0 Å². The number of carbonyl (C=O) groups is 2. The maximum atomic E-state index is 12.9. The van der Waals surface area contributed by atoms with Gasteiger partial charge in [-0.25, -0.2) is 4.98 Å². The number of aliphatic carboxylic acids is 1. The maximum absolute atomic E-state index is 12.9. The van der Waals surface area contributed by atoms with Gasteiger partial charge in [0.2, 0.25) is 5.88 Å². The number of ether oxygens (including phenoxy) is 1. The van der Waals surface area contributed by atoms with E-state index in [2.05, 4.69) is 10.3 Å². The molecule has 0 saturated carbocycles. The molecule has 2 aromatic rings. The molecule has 1 atom stereocenters. The normalized spacial score (nSPS) is 12.3. The Morgan fingerprint density at radius 1 is 1.27 bits per heavy atom. The first-order chi connectivity index (χ1) is 12.1. The second-order valence-electron chi connectivity index (χ2n) is 5.39. The first kappa shape index (κ1) is 19.2. The van der Waals surface area contributed by atoms with E-state index in [0.717, 1.165) is 18.3 Å². The van der Waals surface area contributed by atoms with Crippen molar-refractivity contribution < 1.29 is 32.6 Å². The van der Waals surface area contributed by atoms with Crippen molar-refractivity contribution in [1.82, 2.24) is 10.3 Å². The van der Waals surface area contributed by atoms with Crippen molar-refractivity contribution in [1.29, 1.82) is 0 Å². The summed E-state index contributed by atoms with van der Waals surface area (Å²) in [5.74, 6) is -1.91. The summed E-state index contributed by atoms with van der Waals surface area (Å²) in [6.45, 7) is 1.28. The number of carbonyl (C=O) groups excluding carboxylic acids is 1. The Bertz CT molecular complexity index is 837. The molecule has 1 amide bonds. The van der Waals surface area contributed by atoms with Crippen LogP contribution in [-0.4, -0.2) is 35.1 Å². The van der Waals surface area contributed by atoms with Crippen LogP contribution in [-0.2, 0) is 11.0 Å². The molecule has 0 spiro atoms. The number of nitrogens with zero attached hydrogens (tertiary/aromatic N) is 1. The number of aromatic nitrogens is 1. The Balaban J connectivity index is 2.45. The van der Waals surface area contributed by atoms with Crippen molar-refractivity contribution in [2.24, 2.45) is 0 Å². The third-order valence-corrected chi connectivity index (χ3v) is 3.53. The monoisotopic (exact) mass is 368 g/mol. The topological polar surface area (TPSA) is 88.5 Å². The zero-order chi connectivity index (χ0) is 19.5. The number of nitrogens with one attached hydrogen (secondary N) is 1. The van der Waals surface area contributed by atoms with Gasteiger partial charge in [0.15, 0.2) is 0 Å². The fourth-order valence-electron chi connectivity index (χ4n) is 2.15. The van der Waals surface area contributed by atoms with Crippen molar-refractivity contribution in [3.63, 3.8) is 0 Å². The number of carboxylic acids is 1. The van der Waals surface area contributed by atoms with Crippen LogP contribution in [0.4, 0.5) is 13.2 Å². The minimum Gasteiger partial charge on any atom is -0.481 e. The third-order valence-electron chi connectivity index (χ3n) is 3.53. The predicted molar refractivity (Wildman–Crippen MR) is 85.8 cm³/mol. The average Bonchev–Trinajstić information content (AvgIpc) is 2.60. The summed E-state index contributed by atoms with van der Waals surface area (Å²) in [6.07, 6.45) is -3.37. The lowest BCUT2D eigenvalue weighted by Gasteiger charge is -2.13. The van der Waals surface area contributed by atoms with Gasteiger partial charge in [0, 0.05) is 11.8 Å². The van der Waals surface area contributed by atoms with Crippen LogP contribution in [0.2, 0.25) is 0 Å². The second kappa shape index (κ2) is 7.42. The third kappa shape index (κ3) is 4.29. The molecule has 1 aromatic carbocycles. The second-order valence-corrected chi connectivity index (χ2v) is 5.39. The highest BCUT2D eigenvalue weighted by Crippen LogP contribution is 2.34. The van der Waals surface area contributed by atoms with Crippen molar-refractivity contribution >= 4 is 11.9 Å². The summed E-state index contributed by atoms with van der Waals surface area (Å²) in [7, 11) is 1.30. The molecule has 138 valence electrons. The quantitative estimate of drug-likeness (QED) is 0.847. The lowest BCUT2D eigenvalue weighted by molar-refractivity contribution is -0.139. The Kier molecular flexibility index (Phi) is 5.49.